The summed E-state index contributed by atoms with van der Waals surface area (Å²) in [6.45, 7) is 3.45. The zero-order valence-corrected chi connectivity index (χ0v) is 22.7. The van der Waals surface area contributed by atoms with Crippen LogP contribution in [0.3, 0.4) is 0 Å². The lowest BCUT2D eigenvalue weighted by molar-refractivity contribution is -0.143. The van der Waals surface area contributed by atoms with Gasteiger partial charge in [0.25, 0.3) is 5.91 Å². The van der Waals surface area contributed by atoms with Crippen molar-refractivity contribution in [3.8, 4) is 11.4 Å². The molecule has 0 radical (unpaired) electrons. The summed E-state index contributed by atoms with van der Waals surface area (Å²) in [4.78, 5) is 30.0. The Morgan fingerprint density at radius 3 is 2.39 bits per heavy atom. The first kappa shape index (κ1) is 27.4. The average Bonchev–Trinajstić information content (AvgIpc) is 3.62. The molecule has 0 aliphatic carbocycles. The number of rotatable bonds is 10. The smallest absolute Gasteiger partial charge is 0.251 e. The van der Waals surface area contributed by atoms with Crippen molar-refractivity contribution in [2.24, 2.45) is 0 Å². The Labute approximate surface area is 236 Å². The SMILES string of the molecule is Cc1ccc(-c2nnn(CC(=O)N(Cc3ccccc3F)[C@@H](C(=O)NCc3ccccc3)c3ccc(C)o3)n2)cc1. The van der Waals surface area contributed by atoms with Gasteiger partial charge < -0.3 is 14.6 Å². The maximum absolute atomic E-state index is 14.8. The number of furan rings is 1. The molecular formula is C31H29FN6O3. The minimum Gasteiger partial charge on any atom is -0.464 e. The third-order valence-corrected chi connectivity index (χ3v) is 6.56. The van der Waals surface area contributed by atoms with Crippen LogP contribution in [0, 0.1) is 19.7 Å². The predicted octanol–water partition coefficient (Wildman–Crippen LogP) is 4.78. The third-order valence-electron chi connectivity index (χ3n) is 6.56. The van der Waals surface area contributed by atoms with Crippen LogP contribution in [0.2, 0.25) is 0 Å². The van der Waals surface area contributed by atoms with Gasteiger partial charge in [-0.2, -0.15) is 4.80 Å². The third kappa shape index (κ3) is 6.73. The highest BCUT2D eigenvalue weighted by molar-refractivity contribution is 5.88. The number of carbonyl (C=O) groups excluding carboxylic acids is 2. The molecule has 0 aliphatic heterocycles. The Morgan fingerprint density at radius 1 is 0.951 bits per heavy atom. The van der Waals surface area contributed by atoms with E-state index >= 15 is 0 Å². The monoisotopic (exact) mass is 552 g/mol. The van der Waals surface area contributed by atoms with E-state index in [0.29, 0.717) is 11.6 Å². The molecule has 5 aromatic rings. The molecule has 0 bridgehead atoms. The topological polar surface area (TPSA) is 106 Å². The second-order valence-corrected chi connectivity index (χ2v) is 9.68. The minimum absolute atomic E-state index is 0.186. The molecule has 41 heavy (non-hydrogen) atoms. The van der Waals surface area contributed by atoms with Gasteiger partial charge in [-0.3, -0.25) is 9.59 Å². The van der Waals surface area contributed by atoms with E-state index in [-0.39, 0.29) is 31.0 Å². The summed E-state index contributed by atoms with van der Waals surface area (Å²) in [6, 6.07) is 25.3. The van der Waals surface area contributed by atoms with E-state index in [4.69, 9.17) is 4.42 Å². The summed E-state index contributed by atoms with van der Waals surface area (Å²) in [6.07, 6.45) is 0. The molecule has 1 atom stereocenters. The van der Waals surface area contributed by atoms with E-state index in [1.807, 2.05) is 61.5 Å². The number of benzene rings is 3. The first-order chi connectivity index (χ1) is 19.9. The van der Waals surface area contributed by atoms with E-state index in [0.717, 1.165) is 21.5 Å². The van der Waals surface area contributed by atoms with Crippen LogP contribution >= 0.6 is 0 Å². The number of hydrogen-bond acceptors (Lipinski definition) is 6. The molecule has 2 amide bonds. The molecule has 0 spiro atoms. The number of carbonyl (C=O) groups is 2. The van der Waals surface area contributed by atoms with Crippen molar-refractivity contribution in [2.45, 2.75) is 39.5 Å². The summed E-state index contributed by atoms with van der Waals surface area (Å²) in [5.41, 5.74) is 2.97. The van der Waals surface area contributed by atoms with Crippen molar-refractivity contribution in [1.82, 2.24) is 30.4 Å². The summed E-state index contributed by atoms with van der Waals surface area (Å²) < 4.78 is 20.6. The van der Waals surface area contributed by atoms with Gasteiger partial charge in [0, 0.05) is 24.2 Å². The largest absolute Gasteiger partial charge is 0.464 e. The summed E-state index contributed by atoms with van der Waals surface area (Å²) >= 11 is 0. The van der Waals surface area contributed by atoms with Crippen LogP contribution in [0.25, 0.3) is 11.4 Å². The summed E-state index contributed by atoms with van der Waals surface area (Å²) in [5, 5.41) is 15.4. The van der Waals surface area contributed by atoms with Crippen LogP contribution in [0.1, 0.15) is 34.3 Å². The van der Waals surface area contributed by atoms with E-state index in [2.05, 4.69) is 20.7 Å². The van der Waals surface area contributed by atoms with Crippen LogP contribution in [0.4, 0.5) is 4.39 Å². The summed E-state index contributed by atoms with van der Waals surface area (Å²) in [7, 11) is 0. The van der Waals surface area contributed by atoms with Crippen LogP contribution in [-0.4, -0.2) is 36.9 Å². The number of tetrazole rings is 1. The lowest BCUT2D eigenvalue weighted by atomic mass is 10.1. The van der Waals surface area contributed by atoms with Gasteiger partial charge >= 0.3 is 0 Å². The molecule has 3 aromatic carbocycles. The molecule has 0 saturated heterocycles. The minimum atomic E-state index is -1.18. The van der Waals surface area contributed by atoms with Crippen molar-refractivity contribution in [3.63, 3.8) is 0 Å². The number of nitrogens with zero attached hydrogens (tertiary/aromatic N) is 5. The molecule has 2 heterocycles. The van der Waals surface area contributed by atoms with E-state index in [1.165, 1.54) is 11.0 Å². The van der Waals surface area contributed by atoms with Crippen LogP contribution in [-0.2, 0) is 29.2 Å². The van der Waals surface area contributed by atoms with Crippen molar-refractivity contribution >= 4 is 11.8 Å². The highest BCUT2D eigenvalue weighted by Gasteiger charge is 2.35. The highest BCUT2D eigenvalue weighted by Crippen LogP contribution is 2.27. The predicted molar refractivity (Wildman–Crippen MR) is 149 cm³/mol. The van der Waals surface area contributed by atoms with Gasteiger partial charge in [-0.05, 0) is 42.8 Å². The van der Waals surface area contributed by atoms with Crippen LogP contribution in [0.5, 0.6) is 0 Å². The molecule has 9 nitrogen and oxygen atoms in total. The fraction of sp³-hybridized carbons (Fsp3) is 0.194. The molecule has 0 unspecified atom stereocenters. The first-order valence-electron chi connectivity index (χ1n) is 13.1. The first-order valence-corrected chi connectivity index (χ1v) is 13.1. The van der Waals surface area contributed by atoms with Gasteiger partial charge in [-0.15, -0.1) is 10.2 Å². The Bertz CT molecular complexity index is 1630. The fourth-order valence-electron chi connectivity index (χ4n) is 4.38. The number of nitrogens with one attached hydrogen (secondary N) is 1. The molecule has 0 aliphatic rings. The van der Waals surface area contributed by atoms with Gasteiger partial charge in [-0.25, -0.2) is 4.39 Å². The average molecular weight is 553 g/mol. The maximum atomic E-state index is 14.8. The standard InChI is InChI=1S/C31H29FN6O3/c1-21-12-15-24(16-13-21)30-34-36-38(35-30)20-28(39)37(19-25-10-6-7-11-26(25)32)29(27-17-14-22(2)41-27)31(40)33-18-23-8-4-3-5-9-23/h3-17,29H,18-20H2,1-2H3,(H,33,40)/t29-/m1/s1. The van der Waals surface area contributed by atoms with Gasteiger partial charge in [-0.1, -0.05) is 78.4 Å². The van der Waals surface area contributed by atoms with Gasteiger partial charge in [0.05, 0.1) is 0 Å². The molecule has 2 aromatic heterocycles. The van der Waals surface area contributed by atoms with Crippen LogP contribution < -0.4 is 5.32 Å². The van der Waals surface area contributed by atoms with Gasteiger partial charge in [0.2, 0.25) is 11.7 Å². The molecule has 10 heteroatoms. The van der Waals surface area contributed by atoms with Crippen molar-refractivity contribution in [3.05, 3.63) is 125 Å². The normalized spacial score (nSPS) is 11.7. The molecule has 0 fully saturated rings. The molecule has 5 rings (SSSR count). The highest BCUT2D eigenvalue weighted by atomic mass is 19.1. The number of halogens is 1. The Kier molecular flexibility index (Phi) is 8.28. The van der Waals surface area contributed by atoms with E-state index < -0.39 is 23.7 Å². The number of aryl methyl sites for hydroxylation is 2. The Balaban J connectivity index is 1.46. The maximum Gasteiger partial charge on any atom is 0.251 e. The number of hydrogen-bond donors (Lipinski definition) is 1. The quantitative estimate of drug-likeness (QED) is 0.267. The van der Waals surface area contributed by atoms with Crippen molar-refractivity contribution in [2.75, 3.05) is 0 Å². The van der Waals surface area contributed by atoms with Crippen LogP contribution in [0.15, 0.2) is 95.4 Å². The van der Waals surface area contributed by atoms with Gasteiger partial charge in [0.15, 0.2) is 6.04 Å². The van der Waals surface area contributed by atoms with E-state index in [1.54, 1.807) is 37.3 Å². The zero-order valence-electron chi connectivity index (χ0n) is 22.7. The molecule has 208 valence electrons. The Morgan fingerprint density at radius 2 is 1.68 bits per heavy atom. The molecule has 0 saturated carbocycles. The molecular weight excluding hydrogens is 523 g/mol. The Hall–Kier alpha value is -5.12. The second kappa shape index (κ2) is 12.4. The fourth-order valence-corrected chi connectivity index (χ4v) is 4.38. The second-order valence-electron chi connectivity index (χ2n) is 9.68. The van der Waals surface area contributed by atoms with E-state index in [9.17, 15) is 14.0 Å². The zero-order chi connectivity index (χ0) is 28.8. The van der Waals surface area contributed by atoms with Gasteiger partial charge in [0.1, 0.15) is 23.9 Å². The summed E-state index contributed by atoms with van der Waals surface area (Å²) in [5.74, 6) is -0.304. The molecule has 1 N–H and O–H groups in total. The van der Waals surface area contributed by atoms with Crippen molar-refractivity contribution < 1.29 is 18.4 Å². The number of aromatic nitrogens is 4. The number of amides is 2. The lowest BCUT2D eigenvalue weighted by Gasteiger charge is -2.30. The van der Waals surface area contributed by atoms with Crippen molar-refractivity contribution in [1.29, 1.82) is 0 Å². The lowest BCUT2D eigenvalue weighted by Crippen LogP contribution is -2.44.